The van der Waals surface area contributed by atoms with Crippen LogP contribution < -0.4 is 5.32 Å². The fraction of sp³-hybridized carbons (Fsp3) is 0.679. The van der Waals surface area contributed by atoms with Crippen molar-refractivity contribution < 1.29 is 19.5 Å². The number of carbonyl (C=O) groups is 1. The predicted octanol–water partition coefficient (Wildman–Crippen LogP) is 5.13. The number of rotatable bonds is 7. The van der Waals surface area contributed by atoms with Gasteiger partial charge in [-0.05, 0) is 80.6 Å². The van der Waals surface area contributed by atoms with Gasteiger partial charge in [-0.25, -0.2) is 9.86 Å². The Morgan fingerprint density at radius 1 is 0.971 bits per heavy atom. The molecule has 6 aliphatic rings. The third-order valence-corrected chi connectivity index (χ3v) is 9.11. The molecule has 1 atom stereocenters. The van der Waals surface area contributed by atoms with Crippen LogP contribution in [-0.2, 0) is 20.9 Å². The molecular formula is C28H38N2O4. The molecule has 1 aromatic carbocycles. The highest BCUT2D eigenvalue weighted by Crippen LogP contribution is 2.57. The van der Waals surface area contributed by atoms with Crippen LogP contribution >= 0.6 is 0 Å². The summed E-state index contributed by atoms with van der Waals surface area (Å²) >= 11 is 0. The monoisotopic (exact) mass is 466 g/mol. The van der Waals surface area contributed by atoms with E-state index >= 15 is 0 Å². The molecule has 5 saturated carbocycles. The number of carbonyl (C=O) groups excluding carboxylic acids is 1. The molecule has 1 aliphatic heterocycles. The van der Waals surface area contributed by atoms with Crippen LogP contribution in [0, 0.1) is 23.7 Å². The van der Waals surface area contributed by atoms with Gasteiger partial charge in [-0.3, -0.25) is 5.21 Å². The lowest BCUT2D eigenvalue weighted by molar-refractivity contribution is -0.159. The van der Waals surface area contributed by atoms with Gasteiger partial charge in [0, 0.05) is 0 Å². The molecule has 2 N–H and O–H groups in total. The number of hydrogen-bond acceptors (Lipinski definition) is 6. The third kappa shape index (κ3) is 4.35. The van der Waals surface area contributed by atoms with Gasteiger partial charge in [0.1, 0.15) is 12.8 Å². The zero-order valence-electron chi connectivity index (χ0n) is 20.1. The second-order valence-electron chi connectivity index (χ2n) is 11.6. The molecule has 4 bridgehead atoms. The van der Waals surface area contributed by atoms with Crippen molar-refractivity contribution in [3.05, 3.63) is 47.3 Å². The molecule has 0 spiro atoms. The Morgan fingerprint density at radius 3 is 2.26 bits per heavy atom. The number of esters is 1. The summed E-state index contributed by atoms with van der Waals surface area (Å²) < 4.78 is 12.3. The van der Waals surface area contributed by atoms with Crippen molar-refractivity contribution in [2.45, 2.75) is 89.0 Å². The van der Waals surface area contributed by atoms with Crippen molar-refractivity contribution in [2.24, 2.45) is 23.7 Å². The van der Waals surface area contributed by atoms with Gasteiger partial charge in [-0.2, -0.15) is 0 Å². The predicted molar refractivity (Wildman–Crippen MR) is 127 cm³/mol. The molecule has 1 heterocycles. The molecule has 5 fully saturated rings. The van der Waals surface area contributed by atoms with E-state index in [1.54, 1.807) is 0 Å². The molecule has 1 aromatic rings. The number of nitrogens with zero attached hydrogens (tertiary/aromatic N) is 1. The van der Waals surface area contributed by atoms with Gasteiger partial charge in [0.05, 0.1) is 17.9 Å². The van der Waals surface area contributed by atoms with Gasteiger partial charge >= 0.3 is 5.97 Å². The van der Waals surface area contributed by atoms with Crippen LogP contribution in [0.15, 0.2) is 41.7 Å². The lowest BCUT2D eigenvalue weighted by atomic mass is 9.54. The molecule has 5 aliphatic carbocycles. The maximum atomic E-state index is 13.2. The first-order valence-corrected chi connectivity index (χ1v) is 13.4. The minimum absolute atomic E-state index is 0.0499. The standard InChI is InChI=1S/C28H38N2O4/c31-27(33-17-19-7-3-1-4-8-19)25-24(29-26(30(25)32)23-9-5-2-6-10-23)18-34-28-14-20-11-21(15-28)13-22(12-20)16-28/h1,3-4,7-8,20-23,26,29,32H,2,5-6,9-18H2. The van der Waals surface area contributed by atoms with Crippen LogP contribution in [0.2, 0.25) is 0 Å². The Morgan fingerprint density at radius 2 is 1.62 bits per heavy atom. The van der Waals surface area contributed by atoms with E-state index in [-0.39, 0.29) is 24.1 Å². The van der Waals surface area contributed by atoms with Crippen LogP contribution in [0.4, 0.5) is 0 Å². The van der Waals surface area contributed by atoms with Crippen molar-refractivity contribution in [1.82, 2.24) is 10.4 Å². The molecule has 0 radical (unpaired) electrons. The second-order valence-corrected chi connectivity index (χ2v) is 11.6. The first-order valence-electron chi connectivity index (χ1n) is 13.4. The van der Waals surface area contributed by atoms with Gasteiger partial charge in [0.2, 0.25) is 0 Å². The summed E-state index contributed by atoms with van der Waals surface area (Å²) in [4.78, 5) is 13.2. The van der Waals surface area contributed by atoms with E-state index in [1.807, 2.05) is 30.3 Å². The van der Waals surface area contributed by atoms with Crippen LogP contribution in [0.1, 0.15) is 76.2 Å². The average molecular weight is 467 g/mol. The first-order chi connectivity index (χ1) is 16.6. The molecular weight excluding hydrogens is 428 g/mol. The van der Waals surface area contributed by atoms with E-state index in [4.69, 9.17) is 9.47 Å². The van der Waals surface area contributed by atoms with Crippen molar-refractivity contribution in [2.75, 3.05) is 6.61 Å². The molecule has 0 saturated heterocycles. The van der Waals surface area contributed by atoms with Crippen molar-refractivity contribution >= 4 is 5.97 Å². The van der Waals surface area contributed by atoms with Gasteiger partial charge in [0.25, 0.3) is 0 Å². The summed E-state index contributed by atoms with van der Waals surface area (Å²) in [6.07, 6.45) is 13.0. The summed E-state index contributed by atoms with van der Waals surface area (Å²) in [7, 11) is 0. The maximum Gasteiger partial charge on any atom is 0.359 e. The summed E-state index contributed by atoms with van der Waals surface area (Å²) in [5, 5.41) is 15.8. The summed E-state index contributed by atoms with van der Waals surface area (Å²) in [5.74, 6) is 2.23. The first kappa shape index (κ1) is 22.4. The van der Waals surface area contributed by atoms with E-state index in [2.05, 4.69) is 5.32 Å². The van der Waals surface area contributed by atoms with Crippen molar-refractivity contribution in [1.29, 1.82) is 0 Å². The Bertz CT molecular complexity index is 888. The number of ether oxygens (including phenoxy) is 2. The maximum absolute atomic E-state index is 13.2. The second kappa shape index (κ2) is 9.19. The van der Waals surface area contributed by atoms with Crippen LogP contribution in [0.3, 0.4) is 0 Å². The van der Waals surface area contributed by atoms with E-state index < -0.39 is 5.97 Å². The van der Waals surface area contributed by atoms with Crippen molar-refractivity contribution in [3.63, 3.8) is 0 Å². The van der Waals surface area contributed by atoms with E-state index in [1.165, 1.54) is 38.5 Å². The number of nitrogens with one attached hydrogen (secondary N) is 1. The molecule has 1 unspecified atom stereocenters. The average Bonchev–Trinajstić information content (AvgIpc) is 3.18. The van der Waals surface area contributed by atoms with Gasteiger partial charge in [-0.15, -0.1) is 0 Å². The minimum atomic E-state index is -0.485. The number of hydroxylamine groups is 2. The minimum Gasteiger partial charge on any atom is -0.456 e. The van der Waals surface area contributed by atoms with Crippen LogP contribution in [-0.4, -0.2) is 34.6 Å². The lowest BCUT2D eigenvalue weighted by Gasteiger charge is -2.56. The van der Waals surface area contributed by atoms with Crippen LogP contribution in [0.5, 0.6) is 0 Å². The lowest BCUT2D eigenvalue weighted by Crippen LogP contribution is -2.52. The molecule has 34 heavy (non-hydrogen) atoms. The number of benzene rings is 1. The Hall–Kier alpha value is -2.05. The van der Waals surface area contributed by atoms with Gasteiger partial charge in [0.15, 0.2) is 5.70 Å². The van der Waals surface area contributed by atoms with E-state index in [9.17, 15) is 10.0 Å². The molecule has 0 amide bonds. The topological polar surface area (TPSA) is 71.0 Å². The highest BCUT2D eigenvalue weighted by atomic mass is 16.6. The molecule has 7 rings (SSSR count). The largest absolute Gasteiger partial charge is 0.456 e. The zero-order valence-corrected chi connectivity index (χ0v) is 20.1. The highest BCUT2D eigenvalue weighted by molar-refractivity contribution is 5.89. The molecule has 184 valence electrons. The summed E-state index contributed by atoms with van der Waals surface area (Å²) in [5.41, 5.74) is 1.80. The smallest absolute Gasteiger partial charge is 0.359 e. The fourth-order valence-electron chi connectivity index (χ4n) is 7.90. The Labute approximate surface area is 202 Å². The van der Waals surface area contributed by atoms with Gasteiger partial charge in [-0.1, -0.05) is 49.6 Å². The van der Waals surface area contributed by atoms with Gasteiger partial charge < -0.3 is 14.8 Å². The molecule has 0 aromatic heterocycles. The summed E-state index contributed by atoms with van der Waals surface area (Å²) in [6, 6.07) is 9.68. The fourth-order valence-corrected chi connectivity index (χ4v) is 7.90. The van der Waals surface area contributed by atoms with Crippen LogP contribution in [0.25, 0.3) is 0 Å². The Kier molecular flexibility index (Phi) is 6.06. The van der Waals surface area contributed by atoms with E-state index in [0.717, 1.165) is 60.5 Å². The Balaban J connectivity index is 1.19. The quantitative estimate of drug-likeness (QED) is 0.543. The summed E-state index contributed by atoms with van der Waals surface area (Å²) in [6.45, 7) is 0.524. The third-order valence-electron chi connectivity index (χ3n) is 9.11. The highest BCUT2D eigenvalue weighted by Gasteiger charge is 2.52. The number of hydrogen-bond donors (Lipinski definition) is 2. The van der Waals surface area contributed by atoms with Crippen molar-refractivity contribution in [3.8, 4) is 0 Å². The molecule has 6 heteroatoms. The van der Waals surface area contributed by atoms with E-state index in [0.29, 0.717) is 18.2 Å². The zero-order chi connectivity index (χ0) is 23.1. The SMILES string of the molecule is O=C(OCc1ccccc1)C1=C(COC23CC4CC(CC(C4)C2)C3)NC(C2CCCCC2)N1O. The molecule has 6 nitrogen and oxygen atoms in total. The normalized spacial score (nSPS) is 35.0.